The monoisotopic (exact) mass is 253 g/mol. The van der Waals surface area contributed by atoms with Crippen LogP contribution in [-0.2, 0) is 4.79 Å². The minimum absolute atomic E-state index is 0.0633. The molecular formula is C11H19N5O2. The maximum absolute atomic E-state index is 11.5. The average Bonchev–Trinajstić information content (AvgIpc) is 2.37. The van der Waals surface area contributed by atoms with E-state index in [1.807, 2.05) is 6.92 Å². The van der Waals surface area contributed by atoms with Crippen molar-refractivity contribution in [1.82, 2.24) is 15.3 Å². The van der Waals surface area contributed by atoms with E-state index in [9.17, 15) is 4.79 Å². The number of rotatable bonds is 6. The fourth-order valence-corrected chi connectivity index (χ4v) is 1.55. The fourth-order valence-electron chi connectivity index (χ4n) is 1.55. The van der Waals surface area contributed by atoms with Gasteiger partial charge in [0, 0.05) is 20.6 Å². The van der Waals surface area contributed by atoms with Crippen LogP contribution in [0.1, 0.15) is 6.92 Å². The maximum Gasteiger partial charge on any atom is 0.239 e. The number of nitrogens with one attached hydrogen (secondary N) is 2. The normalized spacial score (nSPS) is 9.78. The Balaban J connectivity index is 2.91. The Morgan fingerprint density at radius 2 is 2.22 bits per heavy atom. The lowest BCUT2D eigenvalue weighted by Crippen LogP contribution is -2.35. The van der Waals surface area contributed by atoms with Crippen molar-refractivity contribution in [3.05, 3.63) is 6.33 Å². The lowest BCUT2D eigenvalue weighted by Gasteiger charge is -2.20. The van der Waals surface area contributed by atoms with Gasteiger partial charge < -0.3 is 20.3 Å². The van der Waals surface area contributed by atoms with Crippen molar-refractivity contribution >= 4 is 17.5 Å². The molecule has 0 unspecified atom stereocenters. The molecule has 0 aliphatic heterocycles. The summed E-state index contributed by atoms with van der Waals surface area (Å²) in [6, 6.07) is 0. The summed E-state index contributed by atoms with van der Waals surface area (Å²) in [4.78, 5) is 21.4. The Bertz CT molecular complexity index is 410. The van der Waals surface area contributed by atoms with E-state index in [0.29, 0.717) is 23.9 Å². The van der Waals surface area contributed by atoms with Gasteiger partial charge >= 0.3 is 0 Å². The molecule has 0 atom stereocenters. The summed E-state index contributed by atoms with van der Waals surface area (Å²) in [7, 11) is 5.07. The van der Waals surface area contributed by atoms with Gasteiger partial charge in [-0.3, -0.25) is 4.79 Å². The predicted octanol–water partition coefficient (Wildman–Crippen LogP) is 0.0992. The Hall–Kier alpha value is -2.05. The van der Waals surface area contributed by atoms with Crippen LogP contribution in [0.5, 0.6) is 5.75 Å². The summed E-state index contributed by atoms with van der Waals surface area (Å²) in [6.07, 6.45) is 1.43. The zero-order valence-electron chi connectivity index (χ0n) is 11.1. The first-order chi connectivity index (χ1) is 8.63. The van der Waals surface area contributed by atoms with E-state index in [1.165, 1.54) is 6.33 Å². The maximum atomic E-state index is 11.5. The molecule has 0 aliphatic rings. The second-order valence-corrected chi connectivity index (χ2v) is 3.64. The molecule has 1 amide bonds. The molecule has 1 rings (SSSR count). The van der Waals surface area contributed by atoms with E-state index in [4.69, 9.17) is 4.74 Å². The van der Waals surface area contributed by atoms with Gasteiger partial charge in [-0.05, 0) is 6.92 Å². The molecule has 1 aromatic heterocycles. The molecule has 0 aromatic carbocycles. The van der Waals surface area contributed by atoms with Crippen LogP contribution in [0.15, 0.2) is 6.33 Å². The number of ether oxygens (including phenoxy) is 1. The zero-order chi connectivity index (χ0) is 13.5. The number of hydrogen-bond donors (Lipinski definition) is 2. The van der Waals surface area contributed by atoms with Gasteiger partial charge in [0.25, 0.3) is 0 Å². The molecule has 100 valence electrons. The van der Waals surface area contributed by atoms with Crippen molar-refractivity contribution < 1.29 is 9.53 Å². The first-order valence-electron chi connectivity index (χ1n) is 5.68. The number of aromatic nitrogens is 2. The predicted molar refractivity (Wildman–Crippen MR) is 70.1 cm³/mol. The van der Waals surface area contributed by atoms with Gasteiger partial charge in [0.1, 0.15) is 6.33 Å². The lowest BCUT2D eigenvalue weighted by atomic mass is 10.4. The molecule has 1 aromatic rings. The number of carbonyl (C=O) groups is 1. The number of likely N-dealkylation sites (N-methyl/N-ethyl adjacent to an activating group) is 2. The summed E-state index contributed by atoms with van der Waals surface area (Å²) in [5, 5.41) is 5.65. The highest BCUT2D eigenvalue weighted by atomic mass is 16.5. The van der Waals surface area contributed by atoms with Crippen molar-refractivity contribution in [3.63, 3.8) is 0 Å². The van der Waals surface area contributed by atoms with Gasteiger partial charge in [0.2, 0.25) is 11.7 Å². The highest BCUT2D eigenvalue weighted by Gasteiger charge is 2.16. The zero-order valence-corrected chi connectivity index (χ0v) is 11.1. The Labute approximate surface area is 107 Å². The number of nitrogens with zero attached hydrogens (tertiary/aromatic N) is 3. The van der Waals surface area contributed by atoms with Crippen LogP contribution in [-0.4, -0.2) is 50.2 Å². The van der Waals surface area contributed by atoms with E-state index < -0.39 is 0 Å². The molecular weight excluding hydrogens is 234 g/mol. The second kappa shape index (κ2) is 6.63. The topological polar surface area (TPSA) is 79.4 Å². The van der Waals surface area contributed by atoms with Crippen molar-refractivity contribution in [2.75, 3.05) is 44.5 Å². The molecule has 0 bridgehead atoms. The molecule has 18 heavy (non-hydrogen) atoms. The van der Waals surface area contributed by atoms with Crippen LogP contribution >= 0.6 is 0 Å². The number of methoxy groups -OCH3 is 1. The lowest BCUT2D eigenvalue weighted by molar-refractivity contribution is -0.119. The quantitative estimate of drug-likeness (QED) is 0.748. The number of hydrogen-bond acceptors (Lipinski definition) is 6. The molecule has 0 fully saturated rings. The van der Waals surface area contributed by atoms with Crippen molar-refractivity contribution in [3.8, 4) is 5.75 Å². The molecule has 0 radical (unpaired) electrons. The van der Waals surface area contributed by atoms with E-state index in [-0.39, 0.29) is 12.5 Å². The molecule has 0 saturated carbocycles. The summed E-state index contributed by atoms with van der Waals surface area (Å²) >= 11 is 0. The van der Waals surface area contributed by atoms with Gasteiger partial charge in [0.15, 0.2) is 11.6 Å². The van der Waals surface area contributed by atoms with Crippen LogP contribution in [0.4, 0.5) is 11.6 Å². The molecule has 0 saturated heterocycles. The highest BCUT2D eigenvalue weighted by Crippen LogP contribution is 2.30. The van der Waals surface area contributed by atoms with Crippen LogP contribution in [0, 0.1) is 0 Å². The smallest absolute Gasteiger partial charge is 0.239 e. The van der Waals surface area contributed by atoms with Crippen molar-refractivity contribution in [2.24, 2.45) is 0 Å². The Kier molecular flexibility index (Phi) is 5.16. The van der Waals surface area contributed by atoms with E-state index in [2.05, 4.69) is 20.6 Å². The van der Waals surface area contributed by atoms with Crippen LogP contribution in [0.2, 0.25) is 0 Å². The number of amides is 1. The third kappa shape index (κ3) is 3.22. The Morgan fingerprint density at radius 1 is 1.50 bits per heavy atom. The molecule has 0 spiro atoms. The van der Waals surface area contributed by atoms with Crippen molar-refractivity contribution in [2.45, 2.75) is 6.92 Å². The summed E-state index contributed by atoms with van der Waals surface area (Å²) < 4.78 is 5.27. The van der Waals surface area contributed by atoms with E-state index >= 15 is 0 Å². The number of anilines is 2. The molecule has 7 nitrogen and oxygen atoms in total. The largest absolute Gasteiger partial charge is 0.490 e. The van der Waals surface area contributed by atoms with Gasteiger partial charge in [-0.1, -0.05) is 0 Å². The molecule has 7 heteroatoms. The molecule has 2 N–H and O–H groups in total. The average molecular weight is 253 g/mol. The third-order valence-corrected chi connectivity index (χ3v) is 2.34. The SMILES string of the molecule is CCNC(=O)CN(C)c1ncnc(NC)c1OC. The first-order valence-corrected chi connectivity index (χ1v) is 5.68. The fraction of sp³-hybridized carbons (Fsp3) is 0.545. The van der Waals surface area contributed by atoms with Gasteiger partial charge in [0.05, 0.1) is 13.7 Å². The first kappa shape index (κ1) is 14.0. The highest BCUT2D eigenvalue weighted by molar-refractivity contribution is 5.81. The number of carbonyl (C=O) groups excluding carboxylic acids is 1. The summed E-state index contributed by atoms with van der Waals surface area (Å²) in [5.74, 6) is 1.62. The minimum Gasteiger partial charge on any atom is -0.490 e. The summed E-state index contributed by atoms with van der Waals surface area (Å²) in [6.45, 7) is 2.70. The standard InChI is InChI=1S/C11H19N5O2/c1-5-13-8(17)6-16(3)11-9(18-4)10(12-2)14-7-15-11/h7H,5-6H2,1-4H3,(H,13,17)(H,12,14,15). The minimum atomic E-state index is -0.0633. The van der Waals surface area contributed by atoms with E-state index in [1.54, 1.807) is 26.1 Å². The summed E-state index contributed by atoms with van der Waals surface area (Å²) in [5.41, 5.74) is 0. The second-order valence-electron chi connectivity index (χ2n) is 3.64. The Morgan fingerprint density at radius 3 is 2.78 bits per heavy atom. The van der Waals surface area contributed by atoms with Crippen LogP contribution in [0.3, 0.4) is 0 Å². The third-order valence-electron chi connectivity index (χ3n) is 2.34. The van der Waals surface area contributed by atoms with Crippen LogP contribution < -0.4 is 20.3 Å². The van der Waals surface area contributed by atoms with Crippen molar-refractivity contribution in [1.29, 1.82) is 0 Å². The van der Waals surface area contributed by atoms with Gasteiger partial charge in [-0.15, -0.1) is 0 Å². The van der Waals surface area contributed by atoms with Gasteiger partial charge in [-0.25, -0.2) is 9.97 Å². The van der Waals surface area contributed by atoms with E-state index in [0.717, 1.165) is 0 Å². The molecule has 1 heterocycles. The van der Waals surface area contributed by atoms with Crippen LogP contribution in [0.25, 0.3) is 0 Å². The molecule has 0 aliphatic carbocycles. The van der Waals surface area contributed by atoms with Gasteiger partial charge in [-0.2, -0.15) is 0 Å².